The van der Waals surface area contributed by atoms with Gasteiger partial charge in [-0.05, 0) is 37.1 Å². The molecule has 3 heterocycles. The number of rotatable bonds is 4. The van der Waals surface area contributed by atoms with Crippen LogP contribution in [-0.4, -0.2) is 23.1 Å². The molecule has 1 saturated carbocycles. The summed E-state index contributed by atoms with van der Waals surface area (Å²) in [6.07, 6.45) is 8.71. The lowest BCUT2D eigenvalue weighted by atomic mass is 9.74. The lowest BCUT2D eigenvalue weighted by Gasteiger charge is -2.42. The molecule has 0 unspecified atom stereocenters. The molecule has 2 aromatic heterocycles. The normalized spacial score (nSPS) is 17.4. The van der Waals surface area contributed by atoms with Crippen LogP contribution in [0.1, 0.15) is 48.2 Å². The van der Waals surface area contributed by atoms with Crippen LogP contribution in [0.4, 0.5) is 10.5 Å². The third-order valence-electron chi connectivity index (χ3n) is 6.08. The van der Waals surface area contributed by atoms with E-state index in [4.69, 9.17) is 16.0 Å². The Bertz CT molecular complexity index is 1110. The second kappa shape index (κ2) is 7.40. The molecule has 0 saturated heterocycles. The first-order valence-corrected chi connectivity index (χ1v) is 10.7. The van der Waals surface area contributed by atoms with Gasteiger partial charge in [0, 0.05) is 36.4 Å². The number of carbonyl (C=O) groups excluding carboxylic acids is 2. The first kappa shape index (κ1) is 19.1. The number of nitrogens with one attached hydrogen (secondary N) is 3. The van der Waals surface area contributed by atoms with Gasteiger partial charge in [0.2, 0.25) is 0 Å². The molecule has 0 atom stereocenters. The predicted molar refractivity (Wildman–Crippen MR) is 115 cm³/mol. The minimum atomic E-state index is -0.515. The number of amides is 3. The fraction of sp³-hybridized carbons (Fsp3) is 0.364. The van der Waals surface area contributed by atoms with Gasteiger partial charge in [-0.15, -0.1) is 0 Å². The summed E-state index contributed by atoms with van der Waals surface area (Å²) in [4.78, 5) is 25.0. The lowest BCUT2D eigenvalue weighted by Crippen LogP contribution is -2.52. The summed E-state index contributed by atoms with van der Waals surface area (Å²) in [6.45, 7) is 1.17. The van der Waals surface area contributed by atoms with E-state index in [1.807, 2.05) is 29.1 Å². The Morgan fingerprint density at radius 2 is 1.97 bits per heavy atom. The first-order chi connectivity index (χ1) is 14.6. The van der Waals surface area contributed by atoms with Crippen molar-refractivity contribution in [1.29, 1.82) is 0 Å². The van der Waals surface area contributed by atoms with Gasteiger partial charge in [-0.25, -0.2) is 4.79 Å². The van der Waals surface area contributed by atoms with Crippen LogP contribution in [0.5, 0.6) is 0 Å². The van der Waals surface area contributed by atoms with E-state index in [1.54, 1.807) is 12.1 Å². The summed E-state index contributed by atoms with van der Waals surface area (Å²) in [7, 11) is 0. The average molecular weight is 427 g/mol. The quantitative estimate of drug-likeness (QED) is 0.569. The van der Waals surface area contributed by atoms with E-state index < -0.39 is 5.54 Å². The molecule has 8 heteroatoms. The van der Waals surface area contributed by atoms with E-state index in [9.17, 15) is 9.59 Å². The molecule has 1 fully saturated rings. The summed E-state index contributed by atoms with van der Waals surface area (Å²) in [5, 5.41) is 10.1. The fourth-order valence-electron chi connectivity index (χ4n) is 4.70. The highest BCUT2D eigenvalue weighted by Crippen LogP contribution is 2.48. The molecule has 1 spiro atoms. The van der Waals surface area contributed by atoms with Gasteiger partial charge in [-0.3, -0.25) is 4.79 Å². The molecule has 1 aliphatic heterocycles. The number of fused-ring (bicyclic) bond motifs is 4. The molecule has 3 N–H and O–H groups in total. The zero-order valence-corrected chi connectivity index (χ0v) is 17.2. The van der Waals surface area contributed by atoms with E-state index in [1.165, 1.54) is 0 Å². The topological polar surface area (TPSA) is 88.3 Å². The Labute approximate surface area is 178 Å². The van der Waals surface area contributed by atoms with Crippen molar-refractivity contribution in [2.45, 2.75) is 44.2 Å². The standard InChI is InChI=1S/C22H23ClN4O3/c23-15-12-14-13-16(20(28)24-8-11-27-9-4-5-10-27)30-19(14)17-18(15)25-21(29)26-22(17)6-2-1-3-7-22/h4-5,9-10,12-13H,1-3,6-8,11H2,(H,24,28)(H2,25,26,29). The zero-order chi connectivity index (χ0) is 20.7. The highest BCUT2D eigenvalue weighted by Gasteiger charge is 2.43. The molecule has 30 heavy (non-hydrogen) atoms. The molecule has 3 amide bonds. The molecule has 7 nitrogen and oxygen atoms in total. The molecule has 156 valence electrons. The van der Waals surface area contributed by atoms with Gasteiger partial charge in [0.25, 0.3) is 5.91 Å². The van der Waals surface area contributed by atoms with Gasteiger partial charge in [-0.2, -0.15) is 0 Å². The van der Waals surface area contributed by atoms with Gasteiger partial charge in [-0.1, -0.05) is 30.9 Å². The Balaban J connectivity index is 1.49. The second-order valence-electron chi connectivity index (χ2n) is 8.04. The Kier molecular flexibility index (Phi) is 4.70. The zero-order valence-electron chi connectivity index (χ0n) is 16.5. The number of furan rings is 1. The number of benzene rings is 1. The molecule has 1 aliphatic carbocycles. The summed E-state index contributed by atoms with van der Waals surface area (Å²) < 4.78 is 8.06. The van der Waals surface area contributed by atoms with Crippen LogP contribution in [0, 0.1) is 0 Å². The maximum absolute atomic E-state index is 12.7. The van der Waals surface area contributed by atoms with Crippen molar-refractivity contribution in [2.75, 3.05) is 11.9 Å². The lowest BCUT2D eigenvalue weighted by molar-refractivity contribution is 0.0926. The first-order valence-electron chi connectivity index (χ1n) is 10.3. The SMILES string of the molecule is O=C1Nc2c(Cl)cc3cc(C(=O)NCCn4cccc4)oc3c2C2(CCCCC2)N1. The number of nitrogens with zero attached hydrogens (tertiary/aromatic N) is 1. The van der Waals surface area contributed by atoms with Crippen LogP contribution in [-0.2, 0) is 12.1 Å². The van der Waals surface area contributed by atoms with Gasteiger partial charge in [0.1, 0.15) is 5.58 Å². The number of anilines is 1. The minimum Gasteiger partial charge on any atom is -0.450 e. The molecule has 3 aromatic rings. The van der Waals surface area contributed by atoms with Crippen LogP contribution in [0.2, 0.25) is 5.02 Å². The number of carbonyl (C=O) groups is 2. The minimum absolute atomic E-state index is 0.241. The van der Waals surface area contributed by atoms with Crippen molar-refractivity contribution in [1.82, 2.24) is 15.2 Å². The summed E-state index contributed by atoms with van der Waals surface area (Å²) >= 11 is 6.53. The summed E-state index contributed by atoms with van der Waals surface area (Å²) in [6, 6.07) is 7.11. The second-order valence-corrected chi connectivity index (χ2v) is 8.44. The third-order valence-corrected chi connectivity index (χ3v) is 6.38. The highest BCUT2D eigenvalue weighted by atomic mass is 35.5. The number of hydrogen-bond donors (Lipinski definition) is 3. The Morgan fingerprint density at radius 3 is 2.73 bits per heavy atom. The summed E-state index contributed by atoms with van der Waals surface area (Å²) in [5.74, 6) is -0.0291. The van der Waals surface area contributed by atoms with E-state index in [-0.39, 0.29) is 17.7 Å². The van der Waals surface area contributed by atoms with Crippen molar-refractivity contribution in [3.05, 3.63) is 53.0 Å². The molecular formula is C22H23ClN4O3. The van der Waals surface area contributed by atoms with Crippen LogP contribution >= 0.6 is 11.6 Å². The molecular weight excluding hydrogens is 404 g/mol. The van der Waals surface area contributed by atoms with Crippen molar-refractivity contribution < 1.29 is 14.0 Å². The Hall–Kier alpha value is -2.93. The van der Waals surface area contributed by atoms with Gasteiger partial charge >= 0.3 is 6.03 Å². The fourth-order valence-corrected chi connectivity index (χ4v) is 4.96. The van der Waals surface area contributed by atoms with Crippen molar-refractivity contribution in [3.63, 3.8) is 0 Å². The number of hydrogen-bond acceptors (Lipinski definition) is 3. The molecule has 1 aromatic carbocycles. The smallest absolute Gasteiger partial charge is 0.319 e. The number of urea groups is 1. The number of aromatic nitrogens is 1. The maximum Gasteiger partial charge on any atom is 0.319 e. The van der Waals surface area contributed by atoms with Gasteiger partial charge in [0.05, 0.1) is 16.2 Å². The monoisotopic (exact) mass is 426 g/mol. The van der Waals surface area contributed by atoms with E-state index in [2.05, 4.69) is 16.0 Å². The van der Waals surface area contributed by atoms with Gasteiger partial charge < -0.3 is 24.9 Å². The summed E-state index contributed by atoms with van der Waals surface area (Å²) in [5.41, 5.74) is 1.54. The van der Waals surface area contributed by atoms with Crippen molar-refractivity contribution in [3.8, 4) is 0 Å². The van der Waals surface area contributed by atoms with Crippen LogP contribution in [0.25, 0.3) is 11.0 Å². The number of halogens is 1. The van der Waals surface area contributed by atoms with Crippen LogP contribution < -0.4 is 16.0 Å². The highest BCUT2D eigenvalue weighted by molar-refractivity contribution is 6.35. The Morgan fingerprint density at radius 1 is 1.20 bits per heavy atom. The van der Waals surface area contributed by atoms with Crippen molar-refractivity contribution in [2.24, 2.45) is 0 Å². The maximum atomic E-state index is 12.7. The third kappa shape index (κ3) is 3.23. The molecule has 2 aliphatic rings. The largest absolute Gasteiger partial charge is 0.450 e. The average Bonchev–Trinajstić information content (AvgIpc) is 3.38. The van der Waals surface area contributed by atoms with E-state index in [0.717, 1.165) is 43.1 Å². The van der Waals surface area contributed by atoms with E-state index in [0.29, 0.717) is 29.4 Å². The molecule has 0 radical (unpaired) electrons. The predicted octanol–water partition coefficient (Wildman–Crippen LogP) is 4.61. The van der Waals surface area contributed by atoms with Crippen molar-refractivity contribution >= 4 is 40.2 Å². The molecule has 0 bridgehead atoms. The van der Waals surface area contributed by atoms with Gasteiger partial charge in [0.15, 0.2) is 5.76 Å². The molecule has 5 rings (SSSR count). The van der Waals surface area contributed by atoms with Crippen LogP contribution in [0.3, 0.4) is 0 Å². The van der Waals surface area contributed by atoms with Crippen LogP contribution in [0.15, 0.2) is 41.1 Å². The van der Waals surface area contributed by atoms with E-state index >= 15 is 0 Å².